The van der Waals surface area contributed by atoms with Crippen molar-refractivity contribution in [2.45, 2.75) is 37.8 Å². The molecule has 3 aliphatic rings. The monoisotopic (exact) mass is 245 g/mol. The molecule has 92 valence electrons. The Morgan fingerprint density at radius 1 is 1.25 bits per heavy atom. The number of piperidine rings is 1. The molecule has 2 amide bonds. The fourth-order valence-electron chi connectivity index (χ4n) is 2.71. The highest BCUT2D eigenvalue weighted by Crippen LogP contribution is 2.26. The number of hydrogen-bond donors (Lipinski definition) is 2. The predicted molar refractivity (Wildman–Crippen MR) is 64.9 cm³/mol. The van der Waals surface area contributed by atoms with Crippen molar-refractivity contribution in [1.29, 1.82) is 0 Å². The van der Waals surface area contributed by atoms with Gasteiger partial charge in [0.25, 0.3) is 0 Å². The molecule has 0 aromatic rings. The number of fused-ring (bicyclic) bond motifs is 1. The average molecular weight is 246 g/mol. The lowest BCUT2D eigenvalue weighted by molar-refractivity contribution is 0.206. The van der Waals surface area contributed by atoms with E-state index >= 15 is 0 Å². The number of nitrogens with one attached hydrogen (secondary N) is 2. The zero-order valence-electron chi connectivity index (χ0n) is 9.45. The van der Waals surface area contributed by atoms with Gasteiger partial charge in [-0.15, -0.1) is 12.4 Å². The quantitative estimate of drug-likeness (QED) is 0.723. The van der Waals surface area contributed by atoms with E-state index in [1.54, 1.807) is 0 Å². The van der Waals surface area contributed by atoms with E-state index in [2.05, 4.69) is 10.6 Å². The summed E-state index contributed by atoms with van der Waals surface area (Å²) in [7, 11) is 0. The Labute approximate surface area is 103 Å². The molecule has 0 unspecified atom stereocenters. The highest BCUT2D eigenvalue weighted by molar-refractivity contribution is 5.85. The Balaban J connectivity index is 0.000000963. The smallest absolute Gasteiger partial charge is 0.317 e. The third-order valence-electron chi connectivity index (χ3n) is 3.79. The predicted octanol–water partition coefficient (Wildman–Crippen LogP) is 0.964. The van der Waals surface area contributed by atoms with E-state index in [9.17, 15) is 4.79 Å². The van der Waals surface area contributed by atoms with Crippen molar-refractivity contribution in [2.24, 2.45) is 5.92 Å². The van der Waals surface area contributed by atoms with Gasteiger partial charge in [0.2, 0.25) is 0 Å². The van der Waals surface area contributed by atoms with Crippen LogP contribution < -0.4 is 10.6 Å². The van der Waals surface area contributed by atoms with Gasteiger partial charge in [0.15, 0.2) is 0 Å². The molecule has 5 heteroatoms. The molecule has 2 atom stereocenters. The molecule has 4 nitrogen and oxygen atoms in total. The van der Waals surface area contributed by atoms with Gasteiger partial charge < -0.3 is 15.5 Å². The number of urea groups is 1. The van der Waals surface area contributed by atoms with Gasteiger partial charge >= 0.3 is 6.03 Å². The zero-order valence-corrected chi connectivity index (χ0v) is 10.3. The van der Waals surface area contributed by atoms with Crippen molar-refractivity contribution in [3.63, 3.8) is 0 Å². The number of rotatable bonds is 1. The molecule has 3 fully saturated rings. The van der Waals surface area contributed by atoms with Crippen LogP contribution in [0.5, 0.6) is 0 Å². The lowest BCUT2D eigenvalue weighted by Gasteiger charge is -2.24. The minimum absolute atomic E-state index is 0. The third kappa shape index (κ3) is 2.43. The van der Waals surface area contributed by atoms with Crippen LogP contribution in [0, 0.1) is 5.92 Å². The normalized spacial score (nSPS) is 32.9. The minimum atomic E-state index is 0. The van der Waals surface area contributed by atoms with Crippen LogP contribution in [0.4, 0.5) is 4.79 Å². The van der Waals surface area contributed by atoms with Gasteiger partial charge in [-0.2, -0.15) is 0 Å². The van der Waals surface area contributed by atoms with Gasteiger partial charge in [-0.3, -0.25) is 0 Å². The second-order valence-corrected chi connectivity index (χ2v) is 5.09. The lowest BCUT2D eigenvalue weighted by atomic mass is 9.94. The molecule has 1 saturated carbocycles. The second-order valence-electron chi connectivity index (χ2n) is 5.09. The van der Waals surface area contributed by atoms with E-state index in [0.717, 1.165) is 19.6 Å². The summed E-state index contributed by atoms with van der Waals surface area (Å²) in [5.74, 6) is 0.698. The van der Waals surface area contributed by atoms with Gasteiger partial charge in [-0.1, -0.05) is 0 Å². The van der Waals surface area contributed by atoms with E-state index in [1.807, 2.05) is 4.90 Å². The van der Waals surface area contributed by atoms with Gasteiger partial charge in [0, 0.05) is 25.2 Å². The van der Waals surface area contributed by atoms with Gasteiger partial charge in [-0.05, 0) is 38.1 Å². The molecule has 2 aliphatic heterocycles. The molecule has 0 bridgehead atoms. The van der Waals surface area contributed by atoms with E-state index in [4.69, 9.17) is 0 Å². The number of carbonyl (C=O) groups excluding carboxylic acids is 1. The Hall–Kier alpha value is -0.480. The summed E-state index contributed by atoms with van der Waals surface area (Å²) in [5.41, 5.74) is 0. The van der Waals surface area contributed by atoms with Crippen LogP contribution in [-0.2, 0) is 0 Å². The van der Waals surface area contributed by atoms with Crippen molar-refractivity contribution in [2.75, 3.05) is 19.6 Å². The summed E-state index contributed by atoms with van der Waals surface area (Å²) in [6.07, 6.45) is 4.89. The lowest BCUT2D eigenvalue weighted by Crippen LogP contribution is -2.42. The first kappa shape index (κ1) is 12.0. The van der Waals surface area contributed by atoms with Crippen LogP contribution in [0.2, 0.25) is 0 Å². The Morgan fingerprint density at radius 3 is 2.75 bits per heavy atom. The molecule has 2 heterocycles. The molecule has 2 saturated heterocycles. The molecule has 3 rings (SSSR count). The summed E-state index contributed by atoms with van der Waals surface area (Å²) in [4.78, 5) is 13.8. The van der Waals surface area contributed by atoms with Crippen molar-refractivity contribution in [3.8, 4) is 0 Å². The number of halogens is 1. The van der Waals surface area contributed by atoms with Crippen LogP contribution in [0.25, 0.3) is 0 Å². The summed E-state index contributed by atoms with van der Waals surface area (Å²) in [6.45, 7) is 2.98. The standard InChI is InChI=1S/C11H19N3O.ClH/c15-11(13-9-3-4-9)14-6-8-2-1-5-12-10(8)7-14;/h8-10,12H,1-7H2,(H,13,15);1H/t8-,10+;/m0./s1. The van der Waals surface area contributed by atoms with Gasteiger partial charge in [0.1, 0.15) is 0 Å². The summed E-state index contributed by atoms with van der Waals surface area (Å²) in [6, 6.07) is 1.20. The van der Waals surface area contributed by atoms with E-state index in [0.29, 0.717) is 18.0 Å². The van der Waals surface area contributed by atoms with Crippen LogP contribution >= 0.6 is 12.4 Å². The molecule has 16 heavy (non-hydrogen) atoms. The first-order valence-corrected chi connectivity index (χ1v) is 6.12. The maximum Gasteiger partial charge on any atom is 0.317 e. The topological polar surface area (TPSA) is 44.4 Å². The summed E-state index contributed by atoms with van der Waals surface area (Å²) >= 11 is 0. The molecular weight excluding hydrogens is 226 g/mol. The van der Waals surface area contributed by atoms with E-state index in [-0.39, 0.29) is 18.4 Å². The Morgan fingerprint density at radius 2 is 2.06 bits per heavy atom. The summed E-state index contributed by atoms with van der Waals surface area (Å²) < 4.78 is 0. The SMILES string of the molecule is Cl.O=C(NC1CC1)N1C[C@@H]2CCCN[C@@H]2C1. The maximum atomic E-state index is 11.8. The van der Waals surface area contributed by atoms with Gasteiger partial charge in [0.05, 0.1) is 0 Å². The molecule has 2 N–H and O–H groups in total. The number of carbonyl (C=O) groups is 1. The van der Waals surface area contributed by atoms with Crippen molar-refractivity contribution < 1.29 is 4.79 Å². The number of nitrogens with zero attached hydrogens (tertiary/aromatic N) is 1. The molecular formula is C11H20ClN3O. The van der Waals surface area contributed by atoms with E-state index in [1.165, 1.54) is 25.7 Å². The Kier molecular flexibility index (Phi) is 3.60. The molecule has 0 aromatic heterocycles. The molecule has 0 aromatic carbocycles. The largest absolute Gasteiger partial charge is 0.335 e. The maximum absolute atomic E-state index is 11.8. The minimum Gasteiger partial charge on any atom is -0.335 e. The number of likely N-dealkylation sites (tertiary alicyclic amines) is 1. The van der Waals surface area contributed by atoms with Crippen LogP contribution in [-0.4, -0.2) is 42.6 Å². The van der Waals surface area contributed by atoms with E-state index < -0.39 is 0 Å². The number of hydrogen-bond acceptors (Lipinski definition) is 2. The highest BCUT2D eigenvalue weighted by atomic mass is 35.5. The molecule has 0 spiro atoms. The second kappa shape index (κ2) is 4.80. The first-order chi connectivity index (χ1) is 7.33. The summed E-state index contributed by atoms with van der Waals surface area (Å²) in [5, 5.41) is 6.58. The van der Waals surface area contributed by atoms with Gasteiger partial charge in [-0.25, -0.2) is 4.79 Å². The average Bonchev–Trinajstić information content (AvgIpc) is 2.95. The molecule has 1 aliphatic carbocycles. The fourth-order valence-corrected chi connectivity index (χ4v) is 2.71. The van der Waals surface area contributed by atoms with Crippen molar-refractivity contribution >= 4 is 18.4 Å². The van der Waals surface area contributed by atoms with Crippen LogP contribution in [0.1, 0.15) is 25.7 Å². The fraction of sp³-hybridized carbons (Fsp3) is 0.909. The van der Waals surface area contributed by atoms with Crippen molar-refractivity contribution in [3.05, 3.63) is 0 Å². The Bertz CT molecular complexity index is 256. The van der Waals surface area contributed by atoms with Crippen LogP contribution in [0.3, 0.4) is 0 Å². The molecule has 0 radical (unpaired) electrons. The highest BCUT2D eigenvalue weighted by Gasteiger charge is 2.37. The third-order valence-corrected chi connectivity index (χ3v) is 3.79. The zero-order chi connectivity index (χ0) is 10.3. The van der Waals surface area contributed by atoms with Crippen LogP contribution in [0.15, 0.2) is 0 Å². The van der Waals surface area contributed by atoms with Crippen molar-refractivity contribution in [1.82, 2.24) is 15.5 Å². The first-order valence-electron chi connectivity index (χ1n) is 6.12. The number of amides is 2.